The lowest BCUT2D eigenvalue weighted by Gasteiger charge is -2.11. The zero-order valence-electron chi connectivity index (χ0n) is 13.1. The highest BCUT2D eigenvalue weighted by Gasteiger charge is 2.08. The van der Waals surface area contributed by atoms with Gasteiger partial charge in [-0.25, -0.2) is 4.98 Å². The third-order valence-electron chi connectivity index (χ3n) is 4.43. The van der Waals surface area contributed by atoms with E-state index in [4.69, 9.17) is 4.98 Å². The Morgan fingerprint density at radius 2 is 1.13 bits per heavy atom. The van der Waals surface area contributed by atoms with Crippen LogP contribution in [0, 0.1) is 0 Å². The quantitative estimate of drug-likeness (QED) is 0.449. The number of hydrogen-bond acceptors (Lipinski definition) is 1. The summed E-state index contributed by atoms with van der Waals surface area (Å²) in [6.07, 6.45) is 3.35. The first-order chi connectivity index (χ1) is 11.4. The lowest BCUT2D eigenvalue weighted by molar-refractivity contribution is 0.829. The fraction of sp³-hybridized carbons (Fsp3) is 0.136. The number of aryl methyl sites for hydroxylation is 2. The Labute approximate surface area is 136 Å². The molecule has 0 saturated heterocycles. The van der Waals surface area contributed by atoms with E-state index in [2.05, 4.69) is 78.9 Å². The van der Waals surface area contributed by atoms with E-state index in [1.54, 1.807) is 0 Å². The molecule has 0 unspecified atom stereocenters. The minimum atomic E-state index is 1.08. The van der Waals surface area contributed by atoms with Gasteiger partial charge >= 0.3 is 0 Å². The fourth-order valence-electron chi connectivity index (χ4n) is 3.31. The summed E-state index contributed by atoms with van der Waals surface area (Å²) in [6, 6.07) is 27.7. The zero-order chi connectivity index (χ0) is 15.5. The van der Waals surface area contributed by atoms with Crippen LogP contribution in [0.4, 0.5) is 0 Å². The van der Waals surface area contributed by atoms with Gasteiger partial charge in [0, 0.05) is 10.8 Å². The van der Waals surface area contributed by atoms with Crippen molar-refractivity contribution in [1.29, 1.82) is 0 Å². The molecule has 0 amide bonds. The van der Waals surface area contributed by atoms with Crippen molar-refractivity contribution in [2.45, 2.75) is 19.3 Å². The second kappa shape index (κ2) is 6.21. The summed E-state index contributed by atoms with van der Waals surface area (Å²) >= 11 is 0. The molecule has 4 rings (SSSR count). The van der Waals surface area contributed by atoms with Crippen molar-refractivity contribution < 1.29 is 0 Å². The van der Waals surface area contributed by atoms with E-state index in [1.807, 2.05) is 0 Å². The highest BCUT2D eigenvalue weighted by atomic mass is 14.7. The van der Waals surface area contributed by atoms with Gasteiger partial charge in [0.2, 0.25) is 0 Å². The number of fused-ring (bicyclic) bond motifs is 2. The second-order valence-corrected chi connectivity index (χ2v) is 5.96. The molecule has 1 heteroatoms. The van der Waals surface area contributed by atoms with Crippen LogP contribution < -0.4 is 0 Å². The molecule has 112 valence electrons. The van der Waals surface area contributed by atoms with Crippen molar-refractivity contribution in [3.63, 3.8) is 0 Å². The largest absolute Gasteiger partial charge is 0.248 e. The van der Waals surface area contributed by atoms with Crippen LogP contribution in [0.25, 0.3) is 21.8 Å². The van der Waals surface area contributed by atoms with E-state index >= 15 is 0 Å². The van der Waals surface area contributed by atoms with Crippen LogP contribution in [-0.2, 0) is 12.8 Å². The van der Waals surface area contributed by atoms with Crippen molar-refractivity contribution in [2.24, 2.45) is 0 Å². The van der Waals surface area contributed by atoms with Crippen LogP contribution in [0.5, 0.6) is 0 Å². The molecule has 0 bridgehead atoms. The van der Waals surface area contributed by atoms with Gasteiger partial charge in [0.05, 0.1) is 11.0 Å². The highest BCUT2D eigenvalue weighted by Crippen LogP contribution is 2.27. The monoisotopic (exact) mass is 297 g/mol. The van der Waals surface area contributed by atoms with E-state index in [0.717, 1.165) is 30.3 Å². The minimum absolute atomic E-state index is 1.08. The summed E-state index contributed by atoms with van der Waals surface area (Å²) in [5.41, 5.74) is 5.04. The summed E-state index contributed by atoms with van der Waals surface area (Å²) < 4.78 is 0. The van der Waals surface area contributed by atoms with Crippen LogP contribution in [0.2, 0.25) is 0 Å². The summed E-state index contributed by atoms with van der Waals surface area (Å²) in [6.45, 7) is 0. The van der Waals surface area contributed by atoms with Gasteiger partial charge in [-0.05, 0) is 42.5 Å². The number of nitrogens with zero attached hydrogens (tertiary/aromatic N) is 1. The Balaban J connectivity index is 1.71. The average molecular weight is 297 g/mol. The topological polar surface area (TPSA) is 12.9 Å². The third-order valence-corrected chi connectivity index (χ3v) is 4.43. The molecule has 1 aromatic heterocycles. The normalized spacial score (nSPS) is 11.1. The summed E-state index contributed by atoms with van der Waals surface area (Å²) in [5.74, 6) is 0. The van der Waals surface area contributed by atoms with E-state index in [1.165, 1.54) is 21.9 Å². The maximum atomic E-state index is 4.80. The predicted octanol–water partition coefficient (Wildman–Crippen LogP) is 5.56. The molecule has 4 aromatic rings. The second-order valence-electron chi connectivity index (χ2n) is 5.96. The van der Waals surface area contributed by atoms with Gasteiger partial charge in [0.1, 0.15) is 0 Å². The number of benzene rings is 3. The van der Waals surface area contributed by atoms with Gasteiger partial charge in [0.25, 0.3) is 0 Å². The van der Waals surface area contributed by atoms with Crippen LogP contribution in [0.3, 0.4) is 0 Å². The standard InChI is InChI=1S/C22H19N/c1-2-9-17(10-3-1)11-8-14-18-19-12-4-6-15-21(19)23-22-16-7-5-13-20(18)22/h1-7,9-10,12-13,15-16H,8,11,14H2. The molecule has 0 radical (unpaired) electrons. The maximum absolute atomic E-state index is 4.80. The van der Waals surface area contributed by atoms with Crippen molar-refractivity contribution in [1.82, 2.24) is 4.98 Å². The van der Waals surface area contributed by atoms with E-state index in [9.17, 15) is 0 Å². The fourth-order valence-corrected chi connectivity index (χ4v) is 3.31. The number of aromatic nitrogens is 1. The molecule has 0 atom stereocenters. The molecule has 0 aliphatic carbocycles. The SMILES string of the molecule is c1ccc(CCCc2c3ccccc3nc3ccccc23)cc1. The molecule has 1 heterocycles. The summed E-state index contributed by atoms with van der Waals surface area (Å²) in [7, 11) is 0. The molecule has 0 fully saturated rings. The first kappa shape index (κ1) is 14.0. The third kappa shape index (κ3) is 2.83. The highest BCUT2D eigenvalue weighted by molar-refractivity contribution is 5.97. The molecule has 0 N–H and O–H groups in total. The van der Waals surface area contributed by atoms with Crippen molar-refractivity contribution in [3.8, 4) is 0 Å². The Kier molecular flexibility index (Phi) is 3.77. The minimum Gasteiger partial charge on any atom is -0.248 e. The molecule has 0 aliphatic heterocycles. The molecule has 23 heavy (non-hydrogen) atoms. The van der Waals surface area contributed by atoms with Crippen LogP contribution in [-0.4, -0.2) is 4.98 Å². The molecule has 0 saturated carbocycles. The maximum Gasteiger partial charge on any atom is 0.0712 e. The first-order valence-corrected chi connectivity index (χ1v) is 8.22. The van der Waals surface area contributed by atoms with Crippen molar-refractivity contribution in [3.05, 3.63) is 90.0 Å². The van der Waals surface area contributed by atoms with Gasteiger partial charge in [-0.1, -0.05) is 66.7 Å². The predicted molar refractivity (Wildman–Crippen MR) is 97.7 cm³/mol. The molecular formula is C22H19N. The van der Waals surface area contributed by atoms with Crippen molar-refractivity contribution >= 4 is 21.8 Å². The van der Waals surface area contributed by atoms with Crippen LogP contribution >= 0.6 is 0 Å². The van der Waals surface area contributed by atoms with Gasteiger partial charge in [-0.2, -0.15) is 0 Å². The number of hydrogen-bond donors (Lipinski definition) is 0. The smallest absolute Gasteiger partial charge is 0.0712 e. The lowest BCUT2D eigenvalue weighted by atomic mass is 9.97. The van der Waals surface area contributed by atoms with E-state index in [-0.39, 0.29) is 0 Å². The Morgan fingerprint density at radius 1 is 0.565 bits per heavy atom. The number of para-hydroxylation sites is 2. The lowest BCUT2D eigenvalue weighted by Crippen LogP contribution is -1.95. The Hall–Kier alpha value is -2.67. The molecule has 0 spiro atoms. The van der Waals surface area contributed by atoms with Crippen molar-refractivity contribution in [2.75, 3.05) is 0 Å². The van der Waals surface area contributed by atoms with E-state index in [0.29, 0.717) is 0 Å². The average Bonchev–Trinajstić information content (AvgIpc) is 2.62. The Morgan fingerprint density at radius 3 is 1.78 bits per heavy atom. The van der Waals surface area contributed by atoms with Crippen LogP contribution in [0.1, 0.15) is 17.5 Å². The van der Waals surface area contributed by atoms with Gasteiger partial charge in [-0.3, -0.25) is 0 Å². The van der Waals surface area contributed by atoms with E-state index < -0.39 is 0 Å². The summed E-state index contributed by atoms with van der Waals surface area (Å²) in [4.78, 5) is 4.80. The zero-order valence-corrected chi connectivity index (χ0v) is 13.1. The molecular weight excluding hydrogens is 278 g/mol. The van der Waals surface area contributed by atoms with Gasteiger partial charge in [0.15, 0.2) is 0 Å². The number of rotatable bonds is 4. The molecule has 3 aromatic carbocycles. The first-order valence-electron chi connectivity index (χ1n) is 8.22. The van der Waals surface area contributed by atoms with Gasteiger partial charge in [-0.15, -0.1) is 0 Å². The Bertz CT molecular complexity index is 888. The summed E-state index contributed by atoms with van der Waals surface area (Å²) in [5, 5.41) is 2.58. The molecule has 0 aliphatic rings. The number of pyridine rings is 1. The molecule has 1 nitrogen and oxygen atoms in total. The van der Waals surface area contributed by atoms with Crippen LogP contribution in [0.15, 0.2) is 78.9 Å². The van der Waals surface area contributed by atoms with Gasteiger partial charge < -0.3 is 0 Å².